The predicted octanol–water partition coefficient (Wildman–Crippen LogP) is 2.12. The van der Waals surface area contributed by atoms with Gasteiger partial charge < -0.3 is 0 Å². The summed E-state index contributed by atoms with van der Waals surface area (Å²) in [5.74, 6) is 0. The van der Waals surface area contributed by atoms with E-state index in [1.54, 1.807) is 4.88 Å². The second-order valence-electron chi connectivity index (χ2n) is 3.34. The van der Waals surface area contributed by atoms with Gasteiger partial charge in [0.05, 0.1) is 0 Å². The Morgan fingerprint density at radius 3 is 3.27 bits per heavy atom. The van der Waals surface area contributed by atoms with E-state index >= 15 is 0 Å². The molecule has 11 heavy (non-hydrogen) atoms. The molecule has 1 unspecified atom stereocenters. The van der Waals surface area contributed by atoms with Crippen molar-refractivity contribution in [3.05, 3.63) is 21.9 Å². The summed E-state index contributed by atoms with van der Waals surface area (Å²) in [6.45, 7) is 3.43. The van der Waals surface area contributed by atoms with E-state index in [2.05, 4.69) is 30.3 Å². The summed E-state index contributed by atoms with van der Waals surface area (Å²) >= 11 is 1.90. The predicted molar refractivity (Wildman–Crippen MR) is 49.0 cm³/mol. The molecule has 0 fully saturated rings. The maximum Gasteiger partial charge on any atom is 0.0244 e. The Kier molecular flexibility index (Phi) is 1.74. The van der Waals surface area contributed by atoms with Crippen molar-refractivity contribution in [3.63, 3.8) is 0 Å². The summed E-state index contributed by atoms with van der Waals surface area (Å²) in [6, 6.07) is 2.98. The van der Waals surface area contributed by atoms with Gasteiger partial charge in [0.15, 0.2) is 0 Å². The van der Waals surface area contributed by atoms with Crippen LogP contribution in [-0.2, 0) is 13.0 Å². The number of hydrogen-bond donors (Lipinski definition) is 0. The second kappa shape index (κ2) is 2.61. The zero-order valence-corrected chi connectivity index (χ0v) is 7.82. The van der Waals surface area contributed by atoms with Gasteiger partial charge in [0, 0.05) is 17.5 Å². The Morgan fingerprint density at radius 2 is 2.45 bits per heavy atom. The third-order valence-electron chi connectivity index (χ3n) is 2.49. The van der Waals surface area contributed by atoms with Gasteiger partial charge in [-0.15, -0.1) is 11.3 Å². The fourth-order valence-electron chi connectivity index (χ4n) is 1.54. The van der Waals surface area contributed by atoms with Crippen LogP contribution in [0.25, 0.3) is 0 Å². The molecule has 0 aromatic carbocycles. The Balaban J connectivity index is 2.30. The van der Waals surface area contributed by atoms with Gasteiger partial charge in [0.2, 0.25) is 0 Å². The molecule has 2 heteroatoms. The lowest BCUT2D eigenvalue weighted by atomic mass is 10.0. The lowest BCUT2D eigenvalue weighted by Gasteiger charge is -2.29. The molecular weight excluding hydrogens is 154 g/mol. The molecule has 1 atom stereocenters. The minimum Gasteiger partial charge on any atom is -0.299 e. The number of nitrogens with zero attached hydrogens (tertiary/aromatic N) is 1. The van der Waals surface area contributed by atoms with Crippen molar-refractivity contribution in [1.29, 1.82) is 0 Å². The molecule has 0 aliphatic carbocycles. The van der Waals surface area contributed by atoms with E-state index in [1.807, 2.05) is 11.3 Å². The largest absolute Gasteiger partial charge is 0.299 e. The zero-order valence-electron chi connectivity index (χ0n) is 7.00. The normalized spacial score (nSPS) is 25.1. The summed E-state index contributed by atoms with van der Waals surface area (Å²) in [5, 5.41) is 2.20. The van der Waals surface area contributed by atoms with Crippen LogP contribution in [-0.4, -0.2) is 18.0 Å². The molecule has 1 nitrogen and oxygen atoms in total. The Morgan fingerprint density at radius 1 is 1.64 bits per heavy atom. The van der Waals surface area contributed by atoms with Crippen molar-refractivity contribution in [3.8, 4) is 0 Å². The van der Waals surface area contributed by atoms with Crippen LogP contribution in [0.1, 0.15) is 17.4 Å². The Bertz CT molecular complexity index is 229. The van der Waals surface area contributed by atoms with Crippen molar-refractivity contribution in [1.82, 2.24) is 4.90 Å². The third-order valence-corrected chi connectivity index (χ3v) is 3.48. The van der Waals surface area contributed by atoms with E-state index in [1.165, 1.54) is 12.0 Å². The summed E-state index contributed by atoms with van der Waals surface area (Å²) in [6.07, 6.45) is 1.24. The Hall–Kier alpha value is -0.340. The molecule has 1 aliphatic rings. The topological polar surface area (TPSA) is 3.24 Å². The zero-order chi connectivity index (χ0) is 7.84. The molecule has 0 spiro atoms. The van der Waals surface area contributed by atoms with Gasteiger partial charge in [0.25, 0.3) is 0 Å². The standard InChI is InChI=1S/C9H13NS/c1-7-5-9-8(3-4-11-9)6-10(7)2/h3-4,7H,5-6H2,1-2H3. The highest BCUT2D eigenvalue weighted by atomic mass is 32.1. The molecule has 0 saturated heterocycles. The first-order valence-electron chi connectivity index (χ1n) is 4.03. The molecule has 1 aliphatic heterocycles. The average molecular weight is 167 g/mol. The molecule has 1 aromatic heterocycles. The first kappa shape index (κ1) is 7.32. The van der Waals surface area contributed by atoms with E-state index in [9.17, 15) is 0 Å². The van der Waals surface area contributed by atoms with E-state index in [-0.39, 0.29) is 0 Å². The van der Waals surface area contributed by atoms with Crippen LogP contribution >= 0.6 is 11.3 Å². The number of hydrogen-bond acceptors (Lipinski definition) is 2. The molecule has 0 amide bonds. The number of likely N-dealkylation sites (N-methyl/N-ethyl adjacent to an activating group) is 1. The van der Waals surface area contributed by atoms with Crippen molar-refractivity contribution >= 4 is 11.3 Å². The van der Waals surface area contributed by atoms with Gasteiger partial charge in [-0.3, -0.25) is 4.90 Å². The first-order valence-corrected chi connectivity index (χ1v) is 4.91. The van der Waals surface area contributed by atoms with Crippen LogP contribution in [0.15, 0.2) is 11.4 Å². The Labute approximate surface area is 71.7 Å². The van der Waals surface area contributed by atoms with E-state index in [0.29, 0.717) is 0 Å². The number of rotatable bonds is 0. The van der Waals surface area contributed by atoms with Gasteiger partial charge in [-0.05, 0) is 37.4 Å². The maximum atomic E-state index is 2.41. The molecule has 0 bridgehead atoms. The molecule has 1 aromatic rings. The minimum atomic E-state index is 0.723. The SMILES string of the molecule is CC1Cc2sccc2CN1C. The number of fused-ring (bicyclic) bond motifs is 1. The van der Waals surface area contributed by atoms with Crippen molar-refractivity contribution in [2.24, 2.45) is 0 Å². The molecular formula is C9H13NS. The fourth-order valence-corrected chi connectivity index (χ4v) is 2.55. The summed E-state index contributed by atoms with van der Waals surface area (Å²) in [4.78, 5) is 4.00. The number of thiophene rings is 1. The first-order chi connectivity index (χ1) is 5.27. The lowest BCUT2D eigenvalue weighted by molar-refractivity contribution is 0.233. The highest BCUT2D eigenvalue weighted by Gasteiger charge is 2.19. The lowest BCUT2D eigenvalue weighted by Crippen LogP contribution is -2.34. The van der Waals surface area contributed by atoms with Gasteiger partial charge in [-0.1, -0.05) is 0 Å². The third kappa shape index (κ3) is 1.21. The van der Waals surface area contributed by atoms with Crippen molar-refractivity contribution in [2.75, 3.05) is 7.05 Å². The smallest absolute Gasteiger partial charge is 0.0244 e. The van der Waals surface area contributed by atoms with Crippen LogP contribution in [0, 0.1) is 0 Å². The van der Waals surface area contributed by atoms with Gasteiger partial charge in [0.1, 0.15) is 0 Å². The van der Waals surface area contributed by atoms with E-state index < -0.39 is 0 Å². The fraction of sp³-hybridized carbons (Fsp3) is 0.556. The summed E-state index contributed by atoms with van der Waals surface area (Å²) in [7, 11) is 2.20. The van der Waals surface area contributed by atoms with E-state index in [0.717, 1.165) is 12.6 Å². The maximum absolute atomic E-state index is 2.41. The van der Waals surface area contributed by atoms with Crippen LogP contribution in [0.2, 0.25) is 0 Å². The molecule has 0 saturated carbocycles. The molecule has 0 N–H and O–H groups in total. The monoisotopic (exact) mass is 167 g/mol. The highest BCUT2D eigenvalue weighted by Crippen LogP contribution is 2.26. The van der Waals surface area contributed by atoms with Gasteiger partial charge in [-0.25, -0.2) is 0 Å². The van der Waals surface area contributed by atoms with Crippen LogP contribution in [0.3, 0.4) is 0 Å². The molecule has 2 rings (SSSR count). The minimum absolute atomic E-state index is 0.723. The van der Waals surface area contributed by atoms with E-state index in [4.69, 9.17) is 0 Å². The van der Waals surface area contributed by atoms with Crippen LogP contribution in [0.4, 0.5) is 0 Å². The molecule has 2 heterocycles. The van der Waals surface area contributed by atoms with Gasteiger partial charge in [-0.2, -0.15) is 0 Å². The molecule has 0 radical (unpaired) electrons. The van der Waals surface area contributed by atoms with Crippen molar-refractivity contribution in [2.45, 2.75) is 25.9 Å². The quantitative estimate of drug-likeness (QED) is 0.572. The second-order valence-corrected chi connectivity index (χ2v) is 4.34. The van der Waals surface area contributed by atoms with Gasteiger partial charge >= 0.3 is 0 Å². The average Bonchev–Trinajstić information content (AvgIpc) is 2.36. The van der Waals surface area contributed by atoms with Crippen LogP contribution in [0.5, 0.6) is 0 Å². The van der Waals surface area contributed by atoms with Crippen LogP contribution < -0.4 is 0 Å². The molecule has 60 valence electrons. The summed E-state index contributed by atoms with van der Waals surface area (Å²) < 4.78 is 0. The van der Waals surface area contributed by atoms with Crippen molar-refractivity contribution < 1.29 is 0 Å². The highest BCUT2D eigenvalue weighted by molar-refractivity contribution is 7.10. The summed E-state index contributed by atoms with van der Waals surface area (Å²) in [5.41, 5.74) is 1.54.